The van der Waals surface area contributed by atoms with Crippen LogP contribution in [0, 0.1) is 0 Å². The van der Waals surface area contributed by atoms with Gasteiger partial charge in [-0.3, -0.25) is 19.6 Å². The van der Waals surface area contributed by atoms with Crippen LogP contribution in [0.1, 0.15) is 24.1 Å². The van der Waals surface area contributed by atoms with E-state index in [2.05, 4.69) is 9.97 Å². The topological polar surface area (TPSA) is 83.4 Å². The van der Waals surface area contributed by atoms with E-state index in [1.165, 1.54) is 0 Å². The van der Waals surface area contributed by atoms with Crippen LogP contribution in [-0.2, 0) is 21.4 Å². The lowest BCUT2D eigenvalue weighted by Crippen LogP contribution is -2.40. The molecule has 124 valence electrons. The lowest BCUT2D eigenvalue weighted by molar-refractivity contribution is -0.143. The highest BCUT2D eigenvalue weighted by molar-refractivity contribution is 5.85. The van der Waals surface area contributed by atoms with E-state index in [1.807, 2.05) is 30.3 Å². The summed E-state index contributed by atoms with van der Waals surface area (Å²) in [5.74, 6) is -0.919. The number of hydrogen-bond acceptors (Lipinski definition) is 4. The molecule has 0 aliphatic carbocycles. The summed E-state index contributed by atoms with van der Waals surface area (Å²) >= 11 is 0. The molecule has 1 atom stereocenters. The first-order valence-corrected chi connectivity index (χ1v) is 7.93. The maximum atomic E-state index is 12.4. The summed E-state index contributed by atoms with van der Waals surface area (Å²) in [6.45, 7) is 0.673. The molecule has 1 N–H and O–H groups in total. The molecule has 6 nitrogen and oxygen atoms in total. The summed E-state index contributed by atoms with van der Waals surface area (Å²) < 4.78 is 0. The zero-order valence-electron chi connectivity index (χ0n) is 13.3. The summed E-state index contributed by atoms with van der Waals surface area (Å²) in [7, 11) is 0. The number of aliphatic carboxylic acids is 1. The minimum atomic E-state index is -1.01. The Bertz CT molecular complexity index is 721. The zero-order valence-corrected chi connectivity index (χ0v) is 13.3. The van der Waals surface area contributed by atoms with E-state index in [0.717, 1.165) is 11.3 Å². The molecule has 1 amide bonds. The number of hydrogen-bond donors (Lipinski definition) is 1. The molecule has 1 aliphatic heterocycles. The molecule has 2 heterocycles. The Balaban J connectivity index is 1.69. The second-order valence-corrected chi connectivity index (χ2v) is 6.02. The van der Waals surface area contributed by atoms with Crippen LogP contribution < -0.4 is 0 Å². The average Bonchev–Trinajstić information content (AvgIpc) is 3.08. The van der Waals surface area contributed by atoms with Crippen LogP contribution in [0.15, 0.2) is 48.9 Å². The average molecular weight is 325 g/mol. The predicted octanol–water partition coefficient (Wildman–Crippen LogP) is 1.66. The molecule has 1 aromatic carbocycles. The van der Waals surface area contributed by atoms with Gasteiger partial charge >= 0.3 is 5.97 Å². The molecular weight excluding hydrogens is 306 g/mol. The normalized spacial score (nSPS) is 20.1. The fourth-order valence-electron chi connectivity index (χ4n) is 3.17. The smallest absolute Gasteiger partial charge is 0.316 e. The quantitative estimate of drug-likeness (QED) is 0.904. The van der Waals surface area contributed by atoms with Crippen LogP contribution in [0.5, 0.6) is 0 Å². The van der Waals surface area contributed by atoms with E-state index >= 15 is 0 Å². The van der Waals surface area contributed by atoms with Crippen molar-refractivity contribution in [3.63, 3.8) is 0 Å². The fourth-order valence-corrected chi connectivity index (χ4v) is 3.17. The van der Waals surface area contributed by atoms with Gasteiger partial charge in [-0.05, 0) is 18.4 Å². The molecule has 0 spiro atoms. The third-order valence-electron chi connectivity index (χ3n) is 4.57. The SMILES string of the molecule is O=C(CCc1cnccn1)N1CCC(C(=O)O)(c2ccccc2)C1. The Morgan fingerprint density at radius 3 is 2.67 bits per heavy atom. The first-order valence-electron chi connectivity index (χ1n) is 7.93. The first-order chi connectivity index (χ1) is 11.6. The second kappa shape index (κ2) is 6.78. The molecule has 6 heteroatoms. The van der Waals surface area contributed by atoms with Crippen LogP contribution >= 0.6 is 0 Å². The first kappa shape index (κ1) is 16.1. The molecule has 0 radical (unpaired) electrons. The van der Waals surface area contributed by atoms with Gasteiger partial charge in [-0.1, -0.05) is 30.3 Å². The maximum absolute atomic E-state index is 12.4. The molecule has 24 heavy (non-hydrogen) atoms. The van der Waals surface area contributed by atoms with Crippen molar-refractivity contribution in [1.82, 2.24) is 14.9 Å². The van der Waals surface area contributed by atoms with Crippen LogP contribution in [0.3, 0.4) is 0 Å². The molecule has 1 aromatic heterocycles. The Morgan fingerprint density at radius 2 is 2.00 bits per heavy atom. The highest BCUT2D eigenvalue weighted by Gasteiger charge is 2.47. The van der Waals surface area contributed by atoms with Gasteiger partial charge in [0.15, 0.2) is 0 Å². The third-order valence-corrected chi connectivity index (χ3v) is 4.57. The number of carbonyl (C=O) groups excluding carboxylic acids is 1. The van der Waals surface area contributed by atoms with Crippen molar-refractivity contribution < 1.29 is 14.7 Å². The summed E-state index contributed by atoms with van der Waals surface area (Å²) in [5, 5.41) is 9.77. The number of aryl methyl sites for hydroxylation is 1. The number of aromatic nitrogens is 2. The van der Waals surface area contributed by atoms with Gasteiger partial charge in [0.2, 0.25) is 5.91 Å². The third kappa shape index (κ3) is 3.13. The molecule has 1 fully saturated rings. The number of likely N-dealkylation sites (tertiary alicyclic amines) is 1. The van der Waals surface area contributed by atoms with E-state index in [-0.39, 0.29) is 12.5 Å². The van der Waals surface area contributed by atoms with E-state index in [4.69, 9.17) is 0 Å². The van der Waals surface area contributed by atoms with Gasteiger partial charge < -0.3 is 10.0 Å². The van der Waals surface area contributed by atoms with Gasteiger partial charge in [0.1, 0.15) is 5.41 Å². The molecule has 1 saturated heterocycles. The molecule has 1 unspecified atom stereocenters. The minimum Gasteiger partial charge on any atom is -0.481 e. The Kier molecular flexibility index (Phi) is 4.55. The molecule has 0 saturated carbocycles. The highest BCUT2D eigenvalue weighted by atomic mass is 16.4. The number of rotatable bonds is 5. The summed E-state index contributed by atoms with van der Waals surface area (Å²) in [4.78, 5) is 34.1. The minimum absolute atomic E-state index is 0.0419. The van der Waals surface area contributed by atoms with Gasteiger partial charge in [-0.2, -0.15) is 0 Å². The van der Waals surface area contributed by atoms with Crippen molar-refractivity contribution in [2.24, 2.45) is 0 Å². The lowest BCUT2D eigenvalue weighted by Gasteiger charge is -2.25. The standard InChI is InChI=1S/C18H19N3O3/c22-16(7-6-15-12-19-9-10-20-15)21-11-8-18(13-21,17(23)24)14-4-2-1-3-5-14/h1-5,9-10,12H,6-8,11,13H2,(H,23,24). The number of amides is 1. The van der Waals surface area contributed by atoms with E-state index in [0.29, 0.717) is 25.8 Å². The van der Waals surface area contributed by atoms with Crippen LogP contribution in [-0.4, -0.2) is 44.9 Å². The Morgan fingerprint density at radius 1 is 1.21 bits per heavy atom. The van der Waals surface area contributed by atoms with Crippen molar-refractivity contribution in [2.75, 3.05) is 13.1 Å². The van der Waals surface area contributed by atoms with Crippen molar-refractivity contribution in [3.8, 4) is 0 Å². The number of nitrogens with zero attached hydrogens (tertiary/aromatic N) is 3. The zero-order chi connectivity index (χ0) is 17.0. The predicted molar refractivity (Wildman–Crippen MR) is 87.3 cm³/mol. The fraction of sp³-hybridized carbons (Fsp3) is 0.333. The van der Waals surface area contributed by atoms with Gasteiger partial charge in [0.25, 0.3) is 0 Å². The van der Waals surface area contributed by atoms with Crippen LogP contribution in [0.2, 0.25) is 0 Å². The summed E-state index contributed by atoms with van der Waals surface area (Å²) in [6, 6.07) is 9.16. The lowest BCUT2D eigenvalue weighted by atomic mass is 9.80. The molecule has 0 bridgehead atoms. The number of benzene rings is 1. The number of carboxylic acids is 1. The molecule has 3 rings (SSSR count). The van der Waals surface area contributed by atoms with E-state index in [9.17, 15) is 14.7 Å². The Labute approximate surface area is 140 Å². The van der Waals surface area contributed by atoms with Gasteiger partial charge in [-0.15, -0.1) is 0 Å². The Hall–Kier alpha value is -2.76. The van der Waals surface area contributed by atoms with Gasteiger partial charge in [-0.25, -0.2) is 0 Å². The molecule has 1 aliphatic rings. The van der Waals surface area contributed by atoms with E-state index in [1.54, 1.807) is 23.5 Å². The highest BCUT2D eigenvalue weighted by Crippen LogP contribution is 2.35. The van der Waals surface area contributed by atoms with Crippen LogP contribution in [0.25, 0.3) is 0 Å². The van der Waals surface area contributed by atoms with Gasteiger partial charge in [0, 0.05) is 38.1 Å². The van der Waals surface area contributed by atoms with Crippen LogP contribution in [0.4, 0.5) is 0 Å². The maximum Gasteiger partial charge on any atom is 0.316 e. The van der Waals surface area contributed by atoms with Gasteiger partial charge in [0.05, 0.1) is 5.69 Å². The molecular formula is C18H19N3O3. The number of carbonyl (C=O) groups is 2. The summed E-state index contributed by atoms with van der Waals surface area (Å²) in [5.41, 5.74) is 0.503. The largest absolute Gasteiger partial charge is 0.481 e. The van der Waals surface area contributed by atoms with Crippen molar-refractivity contribution in [1.29, 1.82) is 0 Å². The second-order valence-electron chi connectivity index (χ2n) is 6.02. The number of carboxylic acid groups (broad SMARTS) is 1. The van der Waals surface area contributed by atoms with Crippen molar-refractivity contribution in [3.05, 3.63) is 60.2 Å². The summed E-state index contributed by atoms with van der Waals surface area (Å²) in [6.07, 6.45) is 6.08. The van der Waals surface area contributed by atoms with Crippen molar-refractivity contribution in [2.45, 2.75) is 24.7 Å². The molecule has 2 aromatic rings. The monoisotopic (exact) mass is 325 g/mol. The van der Waals surface area contributed by atoms with E-state index < -0.39 is 11.4 Å². The van der Waals surface area contributed by atoms with Crippen molar-refractivity contribution >= 4 is 11.9 Å².